The molecule has 2 heterocycles. The fourth-order valence-electron chi connectivity index (χ4n) is 1.79. The van der Waals surface area contributed by atoms with Crippen LogP contribution in [0.5, 0.6) is 0 Å². The van der Waals surface area contributed by atoms with Crippen LogP contribution in [-0.2, 0) is 0 Å². The Morgan fingerprint density at radius 1 is 1.07 bits per heavy atom. The maximum Gasteiger partial charge on any atom is 0.142 e. The Labute approximate surface area is 86.0 Å². The number of pyridine rings is 1. The third kappa shape index (κ3) is 1.09. The first kappa shape index (κ1) is 8.01. The van der Waals surface area contributed by atoms with E-state index in [1.807, 2.05) is 36.4 Å². The lowest BCUT2D eigenvalue weighted by atomic mass is 10.2. The van der Waals surface area contributed by atoms with Gasteiger partial charge in [0.15, 0.2) is 0 Å². The van der Waals surface area contributed by atoms with Crippen LogP contribution in [-0.4, -0.2) is 9.97 Å². The second kappa shape index (κ2) is 2.82. The number of rotatable bonds is 0. The molecule has 0 saturated carbocycles. The molecule has 0 aliphatic carbocycles. The number of para-hydroxylation sites is 1. The van der Waals surface area contributed by atoms with Gasteiger partial charge in [-0.15, -0.1) is 0 Å². The van der Waals surface area contributed by atoms with Gasteiger partial charge in [-0.25, -0.2) is 4.98 Å². The quantitative estimate of drug-likeness (QED) is 0.596. The van der Waals surface area contributed by atoms with Gasteiger partial charge in [0, 0.05) is 16.3 Å². The van der Waals surface area contributed by atoms with Crippen molar-refractivity contribution in [2.75, 3.05) is 0 Å². The molecule has 0 atom stereocenters. The first-order chi connectivity index (χ1) is 7.38. The smallest absolute Gasteiger partial charge is 0.142 e. The molecule has 3 nitrogen and oxygen atoms in total. The summed E-state index contributed by atoms with van der Waals surface area (Å²) in [5.74, 6) is 0. The van der Waals surface area contributed by atoms with Gasteiger partial charge in [-0.3, -0.25) is 0 Å². The predicted octanol–water partition coefficient (Wildman–Crippen LogP) is 2.59. The summed E-state index contributed by atoms with van der Waals surface area (Å²) in [4.78, 5) is 7.40. The Kier molecular flexibility index (Phi) is 1.51. The van der Waals surface area contributed by atoms with E-state index in [-0.39, 0.29) is 0 Å². The maximum absolute atomic E-state index is 8.75. The van der Waals surface area contributed by atoms with Gasteiger partial charge in [-0.1, -0.05) is 18.2 Å². The van der Waals surface area contributed by atoms with Crippen LogP contribution in [0.4, 0.5) is 0 Å². The van der Waals surface area contributed by atoms with Crippen LogP contribution < -0.4 is 0 Å². The standard InChI is InChI=1S/C12H7N3/c13-7-8-5-6-10-9-3-1-2-4-11(9)15-12(10)14-8/h1-6H,(H,14,15). The fourth-order valence-corrected chi connectivity index (χ4v) is 1.79. The third-order valence-corrected chi connectivity index (χ3v) is 2.48. The number of fused-ring (bicyclic) bond motifs is 3. The molecule has 2 aromatic heterocycles. The van der Waals surface area contributed by atoms with Gasteiger partial charge in [-0.05, 0) is 18.2 Å². The highest BCUT2D eigenvalue weighted by Gasteiger charge is 2.04. The van der Waals surface area contributed by atoms with Crippen molar-refractivity contribution in [3.05, 3.63) is 42.1 Å². The molecule has 0 aliphatic heterocycles. The molecule has 0 aliphatic rings. The number of hydrogen-bond donors (Lipinski definition) is 1. The summed E-state index contributed by atoms with van der Waals surface area (Å²) in [7, 11) is 0. The van der Waals surface area contributed by atoms with E-state index in [4.69, 9.17) is 5.26 Å². The van der Waals surface area contributed by atoms with Crippen molar-refractivity contribution in [2.45, 2.75) is 0 Å². The van der Waals surface area contributed by atoms with Gasteiger partial charge in [0.25, 0.3) is 0 Å². The molecule has 3 aromatic rings. The summed E-state index contributed by atoms with van der Waals surface area (Å²) in [5, 5.41) is 10.9. The lowest BCUT2D eigenvalue weighted by molar-refractivity contribution is 1.29. The fraction of sp³-hybridized carbons (Fsp3) is 0. The van der Waals surface area contributed by atoms with E-state index in [2.05, 4.69) is 9.97 Å². The molecule has 0 spiro atoms. The highest BCUT2D eigenvalue weighted by atomic mass is 14.9. The van der Waals surface area contributed by atoms with E-state index in [0.717, 1.165) is 21.9 Å². The molecule has 70 valence electrons. The minimum absolute atomic E-state index is 0.439. The Morgan fingerprint density at radius 3 is 2.80 bits per heavy atom. The van der Waals surface area contributed by atoms with Crippen molar-refractivity contribution in [1.82, 2.24) is 9.97 Å². The highest BCUT2D eigenvalue weighted by Crippen LogP contribution is 2.23. The normalized spacial score (nSPS) is 10.6. The van der Waals surface area contributed by atoms with E-state index in [9.17, 15) is 0 Å². The molecule has 0 saturated heterocycles. The SMILES string of the molecule is N#Cc1ccc2c(n1)[nH]c1ccccc12. The number of nitrogens with zero attached hydrogens (tertiary/aromatic N) is 2. The van der Waals surface area contributed by atoms with E-state index >= 15 is 0 Å². The second-order valence-corrected chi connectivity index (χ2v) is 3.38. The van der Waals surface area contributed by atoms with Crippen molar-refractivity contribution < 1.29 is 0 Å². The lowest BCUT2D eigenvalue weighted by Crippen LogP contribution is -1.81. The van der Waals surface area contributed by atoms with E-state index < -0.39 is 0 Å². The van der Waals surface area contributed by atoms with Gasteiger partial charge in [0.2, 0.25) is 0 Å². The summed E-state index contributed by atoms with van der Waals surface area (Å²) in [5.41, 5.74) is 2.26. The number of aromatic nitrogens is 2. The van der Waals surface area contributed by atoms with Crippen LogP contribution in [0.1, 0.15) is 5.69 Å². The van der Waals surface area contributed by atoms with Crippen molar-refractivity contribution in [2.24, 2.45) is 0 Å². The molecule has 3 rings (SSSR count). The molecule has 0 unspecified atom stereocenters. The molecule has 0 radical (unpaired) electrons. The van der Waals surface area contributed by atoms with Gasteiger partial charge in [-0.2, -0.15) is 5.26 Å². The van der Waals surface area contributed by atoms with Crippen LogP contribution in [0.15, 0.2) is 36.4 Å². The number of H-pyrrole nitrogens is 1. The molecule has 15 heavy (non-hydrogen) atoms. The van der Waals surface area contributed by atoms with E-state index in [1.165, 1.54) is 0 Å². The zero-order chi connectivity index (χ0) is 10.3. The average Bonchev–Trinajstić information content (AvgIpc) is 2.66. The topological polar surface area (TPSA) is 52.5 Å². The first-order valence-corrected chi connectivity index (χ1v) is 4.66. The van der Waals surface area contributed by atoms with E-state index in [1.54, 1.807) is 6.07 Å². The number of benzene rings is 1. The molecule has 0 fully saturated rings. The number of aromatic amines is 1. The van der Waals surface area contributed by atoms with Crippen molar-refractivity contribution in [3.63, 3.8) is 0 Å². The molecule has 3 heteroatoms. The number of nitrogens with one attached hydrogen (secondary N) is 1. The molecule has 1 N–H and O–H groups in total. The zero-order valence-corrected chi connectivity index (χ0v) is 7.86. The van der Waals surface area contributed by atoms with Crippen LogP contribution in [0.3, 0.4) is 0 Å². The summed E-state index contributed by atoms with van der Waals surface area (Å²) in [6.45, 7) is 0. The maximum atomic E-state index is 8.75. The zero-order valence-electron chi connectivity index (χ0n) is 7.86. The minimum atomic E-state index is 0.439. The summed E-state index contributed by atoms with van der Waals surface area (Å²) < 4.78 is 0. The summed E-state index contributed by atoms with van der Waals surface area (Å²) in [6, 6.07) is 13.7. The Bertz CT molecular complexity index is 689. The molecular formula is C12H7N3. The first-order valence-electron chi connectivity index (χ1n) is 4.66. The monoisotopic (exact) mass is 193 g/mol. The van der Waals surface area contributed by atoms with Crippen LogP contribution in [0, 0.1) is 11.3 Å². The summed E-state index contributed by atoms with van der Waals surface area (Å²) >= 11 is 0. The lowest BCUT2D eigenvalue weighted by Gasteiger charge is -1.89. The van der Waals surface area contributed by atoms with Crippen molar-refractivity contribution in [3.8, 4) is 6.07 Å². The molecule has 1 aromatic carbocycles. The Balaban J connectivity index is 2.50. The van der Waals surface area contributed by atoms with E-state index in [0.29, 0.717) is 5.69 Å². The second-order valence-electron chi connectivity index (χ2n) is 3.38. The average molecular weight is 193 g/mol. The van der Waals surface area contributed by atoms with Gasteiger partial charge >= 0.3 is 0 Å². The Morgan fingerprint density at radius 2 is 1.93 bits per heavy atom. The molecule has 0 amide bonds. The van der Waals surface area contributed by atoms with Crippen LogP contribution in [0.2, 0.25) is 0 Å². The third-order valence-electron chi connectivity index (χ3n) is 2.48. The van der Waals surface area contributed by atoms with Crippen molar-refractivity contribution in [1.29, 1.82) is 5.26 Å². The largest absolute Gasteiger partial charge is 0.339 e. The predicted molar refractivity (Wildman–Crippen MR) is 58.3 cm³/mol. The Hall–Kier alpha value is -2.34. The van der Waals surface area contributed by atoms with Crippen LogP contribution >= 0.6 is 0 Å². The van der Waals surface area contributed by atoms with Gasteiger partial charge in [0.1, 0.15) is 17.4 Å². The molecular weight excluding hydrogens is 186 g/mol. The highest BCUT2D eigenvalue weighted by molar-refractivity contribution is 6.05. The minimum Gasteiger partial charge on any atom is -0.339 e. The number of hydrogen-bond acceptors (Lipinski definition) is 2. The van der Waals surface area contributed by atoms with Gasteiger partial charge < -0.3 is 4.98 Å². The van der Waals surface area contributed by atoms with Crippen molar-refractivity contribution >= 4 is 21.9 Å². The molecule has 0 bridgehead atoms. The number of nitriles is 1. The summed E-state index contributed by atoms with van der Waals surface area (Å²) in [6.07, 6.45) is 0. The van der Waals surface area contributed by atoms with Gasteiger partial charge in [0.05, 0.1) is 0 Å². The van der Waals surface area contributed by atoms with Crippen LogP contribution in [0.25, 0.3) is 21.9 Å².